The Bertz CT molecular complexity index is 430. The minimum atomic E-state index is -0.265. The van der Waals surface area contributed by atoms with Crippen molar-refractivity contribution >= 4 is 17.6 Å². The van der Waals surface area contributed by atoms with E-state index in [0.717, 1.165) is 0 Å². The van der Waals surface area contributed by atoms with E-state index >= 15 is 0 Å². The number of amides is 2. The zero-order valence-corrected chi connectivity index (χ0v) is 11.4. The van der Waals surface area contributed by atoms with Gasteiger partial charge in [0.15, 0.2) is 5.69 Å². The molecule has 2 amide bonds. The Labute approximate surface area is 112 Å². The molecule has 7 nitrogen and oxygen atoms in total. The Hall–Kier alpha value is -2.18. The normalized spacial score (nSPS) is 10.1. The third-order valence-electron chi connectivity index (χ3n) is 2.11. The summed E-state index contributed by atoms with van der Waals surface area (Å²) in [6.07, 6.45) is 0. The molecule has 0 aliphatic heterocycles. The molecular formula is C12H19N5O2. The second kappa shape index (κ2) is 7.30. The number of rotatable bonds is 6. The molecule has 0 aromatic carbocycles. The summed E-state index contributed by atoms with van der Waals surface area (Å²) in [5.41, 5.74) is 0.249. The van der Waals surface area contributed by atoms with Gasteiger partial charge in [0.2, 0.25) is 5.91 Å². The van der Waals surface area contributed by atoms with E-state index in [-0.39, 0.29) is 30.1 Å². The first-order valence-electron chi connectivity index (χ1n) is 6.18. The van der Waals surface area contributed by atoms with Gasteiger partial charge >= 0.3 is 0 Å². The van der Waals surface area contributed by atoms with Gasteiger partial charge in [-0.25, -0.2) is 0 Å². The summed E-state index contributed by atoms with van der Waals surface area (Å²) in [5, 5.41) is 15.8. The van der Waals surface area contributed by atoms with Crippen LogP contribution in [0.2, 0.25) is 0 Å². The lowest BCUT2D eigenvalue weighted by atomic mass is 10.3. The van der Waals surface area contributed by atoms with Crippen LogP contribution in [-0.2, 0) is 4.79 Å². The molecular weight excluding hydrogens is 246 g/mol. The number of carbonyl (C=O) groups is 2. The monoisotopic (exact) mass is 265 g/mol. The fourth-order valence-corrected chi connectivity index (χ4v) is 1.34. The Kier molecular flexibility index (Phi) is 5.72. The molecule has 0 aliphatic rings. The lowest BCUT2D eigenvalue weighted by molar-refractivity contribution is -0.119. The van der Waals surface area contributed by atoms with Gasteiger partial charge in [0.05, 0.1) is 6.54 Å². The van der Waals surface area contributed by atoms with Gasteiger partial charge < -0.3 is 16.0 Å². The van der Waals surface area contributed by atoms with Crippen LogP contribution in [0.5, 0.6) is 0 Å². The molecule has 0 spiro atoms. The molecule has 1 heterocycles. The van der Waals surface area contributed by atoms with E-state index in [2.05, 4.69) is 26.1 Å². The van der Waals surface area contributed by atoms with Gasteiger partial charge in [0.25, 0.3) is 5.91 Å². The number of hydrogen-bond donors (Lipinski definition) is 3. The van der Waals surface area contributed by atoms with E-state index in [0.29, 0.717) is 12.4 Å². The molecule has 3 N–H and O–H groups in total. The van der Waals surface area contributed by atoms with Crippen molar-refractivity contribution in [3.63, 3.8) is 0 Å². The average Bonchev–Trinajstić information content (AvgIpc) is 2.36. The first kappa shape index (κ1) is 14.9. The highest BCUT2D eigenvalue weighted by atomic mass is 16.2. The van der Waals surface area contributed by atoms with Crippen LogP contribution in [0.4, 0.5) is 5.82 Å². The van der Waals surface area contributed by atoms with Crippen molar-refractivity contribution in [2.45, 2.75) is 26.8 Å². The SMILES string of the molecule is CCNC(=O)c1ccc(NCC(=O)NC(C)C)nn1. The van der Waals surface area contributed by atoms with Crippen molar-refractivity contribution < 1.29 is 9.59 Å². The number of hydrogen-bond acceptors (Lipinski definition) is 5. The summed E-state index contributed by atoms with van der Waals surface area (Å²) in [7, 11) is 0. The topological polar surface area (TPSA) is 96.0 Å². The smallest absolute Gasteiger partial charge is 0.271 e. The van der Waals surface area contributed by atoms with Gasteiger partial charge in [-0.05, 0) is 32.9 Å². The number of anilines is 1. The molecule has 0 saturated heterocycles. The van der Waals surface area contributed by atoms with Crippen LogP contribution >= 0.6 is 0 Å². The van der Waals surface area contributed by atoms with E-state index in [1.165, 1.54) is 0 Å². The molecule has 1 rings (SSSR count). The van der Waals surface area contributed by atoms with Crippen LogP contribution in [0.15, 0.2) is 12.1 Å². The highest BCUT2D eigenvalue weighted by Crippen LogP contribution is 2.01. The maximum atomic E-state index is 11.4. The molecule has 19 heavy (non-hydrogen) atoms. The van der Waals surface area contributed by atoms with Crippen molar-refractivity contribution in [2.24, 2.45) is 0 Å². The van der Waals surface area contributed by atoms with Crippen LogP contribution in [0.1, 0.15) is 31.3 Å². The fourth-order valence-electron chi connectivity index (χ4n) is 1.34. The van der Waals surface area contributed by atoms with Crippen LogP contribution < -0.4 is 16.0 Å². The Balaban J connectivity index is 2.48. The highest BCUT2D eigenvalue weighted by molar-refractivity contribution is 5.92. The van der Waals surface area contributed by atoms with E-state index in [9.17, 15) is 9.59 Å². The predicted octanol–water partition coefficient (Wildman–Crippen LogP) is 0.163. The molecule has 0 bridgehead atoms. The number of carbonyl (C=O) groups excluding carboxylic acids is 2. The first-order chi connectivity index (χ1) is 9.02. The van der Waals surface area contributed by atoms with Gasteiger partial charge in [-0.2, -0.15) is 0 Å². The minimum absolute atomic E-state index is 0.0977. The lowest BCUT2D eigenvalue weighted by Gasteiger charge is -2.09. The zero-order valence-electron chi connectivity index (χ0n) is 11.4. The van der Waals surface area contributed by atoms with E-state index in [1.54, 1.807) is 12.1 Å². The molecule has 1 aromatic rings. The molecule has 0 aliphatic carbocycles. The Morgan fingerprint density at radius 1 is 1.26 bits per heavy atom. The number of nitrogens with one attached hydrogen (secondary N) is 3. The van der Waals surface area contributed by atoms with Gasteiger partial charge in [0, 0.05) is 12.6 Å². The van der Waals surface area contributed by atoms with Crippen LogP contribution in [0.3, 0.4) is 0 Å². The Morgan fingerprint density at radius 2 is 2.00 bits per heavy atom. The van der Waals surface area contributed by atoms with Gasteiger partial charge in [-0.15, -0.1) is 10.2 Å². The quantitative estimate of drug-likeness (QED) is 0.681. The first-order valence-corrected chi connectivity index (χ1v) is 6.18. The molecule has 0 atom stereocenters. The summed E-state index contributed by atoms with van der Waals surface area (Å²) >= 11 is 0. The molecule has 0 fully saturated rings. The average molecular weight is 265 g/mol. The molecule has 0 radical (unpaired) electrons. The van der Waals surface area contributed by atoms with Crippen molar-refractivity contribution in [2.75, 3.05) is 18.4 Å². The fraction of sp³-hybridized carbons (Fsp3) is 0.500. The standard InChI is InChI=1S/C12H19N5O2/c1-4-13-12(19)9-5-6-10(17-16-9)14-7-11(18)15-8(2)3/h5-6,8H,4,7H2,1-3H3,(H,13,19)(H,14,17)(H,15,18). The highest BCUT2D eigenvalue weighted by Gasteiger charge is 2.07. The maximum Gasteiger partial charge on any atom is 0.271 e. The second-order valence-electron chi connectivity index (χ2n) is 4.24. The van der Waals surface area contributed by atoms with Gasteiger partial charge in [-0.3, -0.25) is 9.59 Å². The largest absolute Gasteiger partial charge is 0.360 e. The van der Waals surface area contributed by atoms with Crippen molar-refractivity contribution in [3.8, 4) is 0 Å². The van der Waals surface area contributed by atoms with E-state index in [1.807, 2.05) is 20.8 Å². The van der Waals surface area contributed by atoms with Gasteiger partial charge in [0.1, 0.15) is 5.82 Å². The molecule has 1 aromatic heterocycles. The summed E-state index contributed by atoms with van der Waals surface area (Å²) < 4.78 is 0. The van der Waals surface area contributed by atoms with Gasteiger partial charge in [-0.1, -0.05) is 0 Å². The maximum absolute atomic E-state index is 11.4. The van der Waals surface area contributed by atoms with Crippen molar-refractivity contribution in [3.05, 3.63) is 17.8 Å². The van der Waals surface area contributed by atoms with Crippen molar-refractivity contribution in [1.82, 2.24) is 20.8 Å². The second-order valence-corrected chi connectivity index (χ2v) is 4.24. The van der Waals surface area contributed by atoms with Crippen LogP contribution in [0.25, 0.3) is 0 Å². The number of aromatic nitrogens is 2. The van der Waals surface area contributed by atoms with E-state index in [4.69, 9.17) is 0 Å². The predicted molar refractivity (Wildman–Crippen MR) is 71.8 cm³/mol. The third-order valence-corrected chi connectivity index (χ3v) is 2.11. The third kappa shape index (κ3) is 5.33. The van der Waals surface area contributed by atoms with Crippen molar-refractivity contribution in [1.29, 1.82) is 0 Å². The molecule has 104 valence electrons. The zero-order chi connectivity index (χ0) is 14.3. The van der Waals surface area contributed by atoms with Crippen LogP contribution in [0, 0.1) is 0 Å². The molecule has 0 unspecified atom stereocenters. The summed E-state index contributed by atoms with van der Waals surface area (Å²) in [4.78, 5) is 22.8. The summed E-state index contributed by atoms with van der Waals surface area (Å²) in [6, 6.07) is 3.27. The number of nitrogens with zero attached hydrogens (tertiary/aromatic N) is 2. The summed E-state index contributed by atoms with van der Waals surface area (Å²) in [5.74, 6) is 0.0654. The lowest BCUT2D eigenvalue weighted by Crippen LogP contribution is -2.35. The minimum Gasteiger partial charge on any atom is -0.360 e. The Morgan fingerprint density at radius 3 is 2.53 bits per heavy atom. The van der Waals surface area contributed by atoms with Crippen LogP contribution in [-0.4, -0.2) is 41.1 Å². The summed E-state index contributed by atoms with van der Waals surface area (Å²) in [6.45, 7) is 6.26. The van der Waals surface area contributed by atoms with E-state index < -0.39 is 0 Å². The molecule has 7 heteroatoms. The molecule has 0 saturated carbocycles.